The summed E-state index contributed by atoms with van der Waals surface area (Å²) in [5, 5.41) is 0. The number of likely N-dealkylation sites (tertiary alicyclic amines) is 1. The van der Waals surface area contributed by atoms with Gasteiger partial charge in [0.15, 0.2) is 0 Å². The fraction of sp³-hybridized carbons (Fsp3) is 0.875. The van der Waals surface area contributed by atoms with Gasteiger partial charge in [-0.2, -0.15) is 0 Å². The number of nitrogens with zero attached hydrogens (tertiary/aromatic N) is 1. The molecular weight excluding hydrogens is 249 g/mol. The smallest absolute Gasteiger partial charge is 0.333 e. The van der Waals surface area contributed by atoms with E-state index in [2.05, 4.69) is 4.74 Å². The SMILES string of the molecule is C[C@@H](N)C(=O)N1C[C@H](OC(F)(F)F)[C@@H]1C.Cl. The minimum Gasteiger partial charge on any atom is -0.333 e. The van der Waals surface area contributed by atoms with Crippen molar-refractivity contribution in [2.45, 2.75) is 38.4 Å². The van der Waals surface area contributed by atoms with E-state index >= 15 is 0 Å². The number of carbonyl (C=O) groups excluding carboxylic acids is 1. The Balaban J connectivity index is 0.00000225. The molecule has 16 heavy (non-hydrogen) atoms. The second kappa shape index (κ2) is 5.20. The molecule has 1 aliphatic rings. The van der Waals surface area contributed by atoms with E-state index in [0.717, 1.165) is 0 Å². The van der Waals surface area contributed by atoms with Crippen LogP contribution in [0.3, 0.4) is 0 Å². The number of hydrogen-bond donors (Lipinski definition) is 1. The van der Waals surface area contributed by atoms with Gasteiger partial charge < -0.3 is 10.6 Å². The minimum atomic E-state index is -4.65. The van der Waals surface area contributed by atoms with Gasteiger partial charge in [-0.15, -0.1) is 25.6 Å². The first-order chi connectivity index (χ1) is 6.72. The number of hydrogen-bond acceptors (Lipinski definition) is 3. The Labute approximate surface area is 97.3 Å². The minimum absolute atomic E-state index is 0. The Bertz CT molecular complexity index is 260. The third kappa shape index (κ3) is 3.50. The van der Waals surface area contributed by atoms with Crippen molar-refractivity contribution < 1.29 is 22.7 Å². The first-order valence-corrected chi connectivity index (χ1v) is 4.53. The zero-order chi connectivity index (χ0) is 11.8. The van der Waals surface area contributed by atoms with Crippen molar-refractivity contribution in [2.24, 2.45) is 5.73 Å². The van der Waals surface area contributed by atoms with Crippen LogP contribution in [0.4, 0.5) is 13.2 Å². The highest BCUT2D eigenvalue weighted by Crippen LogP contribution is 2.28. The summed E-state index contributed by atoms with van der Waals surface area (Å²) in [6.45, 7) is 2.94. The summed E-state index contributed by atoms with van der Waals surface area (Å²) < 4.78 is 39.3. The molecular formula is C8H14ClF3N2O2. The molecule has 96 valence electrons. The van der Waals surface area contributed by atoms with Crippen LogP contribution in [0, 0.1) is 0 Å². The molecule has 0 unspecified atom stereocenters. The highest BCUT2D eigenvalue weighted by atomic mass is 35.5. The fourth-order valence-corrected chi connectivity index (χ4v) is 1.44. The average molecular weight is 263 g/mol. The quantitative estimate of drug-likeness (QED) is 0.804. The van der Waals surface area contributed by atoms with Gasteiger partial charge in [0.1, 0.15) is 6.10 Å². The van der Waals surface area contributed by atoms with E-state index in [0.29, 0.717) is 0 Å². The molecule has 0 spiro atoms. The topological polar surface area (TPSA) is 55.6 Å². The second-order valence-electron chi connectivity index (χ2n) is 3.62. The maximum absolute atomic E-state index is 11.8. The fourth-order valence-electron chi connectivity index (χ4n) is 1.44. The van der Waals surface area contributed by atoms with Gasteiger partial charge in [-0.1, -0.05) is 0 Å². The van der Waals surface area contributed by atoms with E-state index in [-0.39, 0.29) is 24.9 Å². The first-order valence-electron chi connectivity index (χ1n) is 4.53. The van der Waals surface area contributed by atoms with Gasteiger partial charge in [-0.25, -0.2) is 0 Å². The summed E-state index contributed by atoms with van der Waals surface area (Å²) in [6.07, 6.45) is -5.63. The molecule has 0 aromatic heterocycles. The number of amides is 1. The molecule has 4 nitrogen and oxygen atoms in total. The van der Waals surface area contributed by atoms with Crippen LogP contribution in [0.25, 0.3) is 0 Å². The van der Waals surface area contributed by atoms with Crippen molar-refractivity contribution in [3.05, 3.63) is 0 Å². The Kier molecular flexibility index (Phi) is 5.03. The van der Waals surface area contributed by atoms with Gasteiger partial charge >= 0.3 is 6.36 Å². The lowest BCUT2D eigenvalue weighted by atomic mass is 10.00. The largest absolute Gasteiger partial charge is 0.522 e. The van der Waals surface area contributed by atoms with E-state index in [4.69, 9.17) is 5.73 Å². The zero-order valence-corrected chi connectivity index (χ0v) is 9.64. The van der Waals surface area contributed by atoms with Crippen molar-refractivity contribution in [2.75, 3.05) is 6.54 Å². The van der Waals surface area contributed by atoms with Gasteiger partial charge in [0.2, 0.25) is 5.91 Å². The molecule has 0 aromatic rings. The Morgan fingerprint density at radius 3 is 2.38 bits per heavy atom. The number of ether oxygens (including phenoxy) is 1. The third-order valence-electron chi connectivity index (χ3n) is 2.36. The van der Waals surface area contributed by atoms with Gasteiger partial charge in [0, 0.05) is 6.54 Å². The Morgan fingerprint density at radius 2 is 2.06 bits per heavy atom. The highest BCUT2D eigenvalue weighted by molar-refractivity contribution is 5.85. The van der Waals surface area contributed by atoms with Crippen LogP contribution >= 0.6 is 12.4 Å². The Morgan fingerprint density at radius 1 is 1.56 bits per heavy atom. The van der Waals surface area contributed by atoms with Crippen LogP contribution < -0.4 is 5.73 Å². The maximum atomic E-state index is 11.8. The molecule has 1 amide bonds. The van der Waals surface area contributed by atoms with Crippen LogP contribution in [0.5, 0.6) is 0 Å². The summed E-state index contributed by atoms with van der Waals surface area (Å²) in [5.41, 5.74) is 5.33. The van der Waals surface area contributed by atoms with Crippen molar-refractivity contribution in [3.8, 4) is 0 Å². The zero-order valence-electron chi connectivity index (χ0n) is 8.82. The lowest BCUT2D eigenvalue weighted by Crippen LogP contribution is -2.65. The van der Waals surface area contributed by atoms with Gasteiger partial charge in [0.25, 0.3) is 0 Å². The molecule has 8 heteroatoms. The van der Waals surface area contributed by atoms with E-state index < -0.39 is 24.6 Å². The molecule has 1 aliphatic heterocycles. The predicted molar refractivity (Wildman–Crippen MR) is 53.0 cm³/mol. The first kappa shape index (κ1) is 15.5. The van der Waals surface area contributed by atoms with Crippen molar-refractivity contribution >= 4 is 18.3 Å². The van der Waals surface area contributed by atoms with Gasteiger partial charge in [-0.3, -0.25) is 9.53 Å². The molecule has 0 aliphatic carbocycles. The monoisotopic (exact) mass is 262 g/mol. The van der Waals surface area contributed by atoms with E-state index in [1.165, 1.54) is 18.7 Å². The average Bonchev–Trinajstić information content (AvgIpc) is 2.08. The number of rotatable bonds is 2. The van der Waals surface area contributed by atoms with Crippen LogP contribution in [-0.2, 0) is 9.53 Å². The molecule has 1 rings (SSSR count). The summed E-state index contributed by atoms with van der Waals surface area (Å²) in [6, 6.07) is -1.27. The van der Waals surface area contributed by atoms with Gasteiger partial charge in [0.05, 0.1) is 12.1 Å². The molecule has 0 bridgehead atoms. The highest BCUT2D eigenvalue weighted by Gasteiger charge is 2.46. The number of carbonyl (C=O) groups is 1. The summed E-state index contributed by atoms with van der Waals surface area (Å²) in [7, 11) is 0. The van der Waals surface area contributed by atoms with Crippen LogP contribution in [-0.4, -0.2) is 41.9 Å². The molecule has 1 fully saturated rings. The lowest BCUT2D eigenvalue weighted by Gasteiger charge is -2.46. The number of nitrogens with two attached hydrogens (primary N) is 1. The molecule has 0 saturated carbocycles. The third-order valence-corrected chi connectivity index (χ3v) is 2.36. The molecule has 0 radical (unpaired) electrons. The number of halogens is 4. The molecule has 1 heterocycles. The van der Waals surface area contributed by atoms with Crippen molar-refractivity contribution in [1.82, 2.24) is 4.90 Å². The summed E-state index contributed by atoms with van der Waals surface area (Å²) in [5.74, 6) is -0.357. The summed E-state index contributed by atoms with van der Waals surface area (Å²) in [4.78, 5) is 12.6. The summed E-state index contributed by atoms with van der Waals surface area (Å²) >= 11 is 0. The maximum Gasteiger partial charge on any atom is 0.522 e. The van der Waals surface area contributed by atoms with Crippen molar-refractivity contribution in [1.29, 1.82) is 0 Å². The number of alkyl halides is 3. The lowest BCUT2D eigenvalue weighted by molar-refractivity contribution is -0.359. The van der Waals surface area contributed by atoms with E-state index in [1.54, 1.807) is 0 Å². The van der Waals surface area contributed by atoms with E-state index in [1.807, 2.05) is 0 Å². The predicted octanol–water partition coefficient (Wildman–Crippen LogP) is 0.891. The van der Waals surface area contributed by atoms with Gasteiger partial charge in [-0.05, 0) is 13.8 Å². The van der Waals surface area contributed by atoms with Crippen molar-refractivity contribution in [3.63, 3.8) is 0 Å². The van der Waals surface area contributed by atoms with Crippen LogP contribution in [0.2, 0.25) is 0 Å². The normalized spacial score (nSPS) is 26.8. The standard InChI is InChI=1S/C8H13F3N2O2.ClH/c1-4(12)7(14)13-3-6(5(13)2)15-8(9,10)11;/h4-6H,3,12H2,1-2H3;1H/t4-,5+,6+;/m1./s1. The molecule has 2 N–H and O–H groups in total. The molecule has 0 aromatic carbocycles. The Hall–Kier alpha value is -0.530. The van der Waals surface area contributed by atoms with E-state index in [9.17, 15) is 18.0 Å². The second-order valence-corrected chi connectivity index (χ2v) is 3.62. The van der Waals surface area contributed by atoms with Crippen LogP contribution in [0.1, 0.15) is 13.8 Å². The van der Waals surface area contributed by atoms with Crippen LogP contribution in [0.15, 0.2) is 0 Å². The molecule has 1 saturated heterocycles. The molecule has 3 atom stereocenters.